The molecule has 0 saturated carbocycles. The first kappa shape index (κ1) is 18.0. The van der Waals surface area contributed by atoms with Gasteiger partial charge in [0.15, 0.2) is 0 Å². The lowest BCUT2D eigenvalue weighted by atomic mass is 10.2. The molecule has 8 heteroatoms. The van der Waals surface area contributed by atoms with Crippen LogP contribution in [0.2, 0.25) is 5.02 Å². The van der Waals surface area contributed by atoms with E-state index in [1.54, 1.807) is 0 Å². The lowest BCUT2D eigenvalue weighted by Crippen LogP contribution is -2.48. The van der Waals surface area contributed by atoms with Crippen molar-refractivity contribution in [1.29, 1.82) is 0 Å². The first-order chi connectivity index (χ1) is 10.6. The Labute approximate surface area is 137 Å². The third kappa shape index (κ3) is 5.09. The largest absolute Gasteiger partial charge is 0.417 e. The van der Waals surface area contributed by atoms with Crippen LogP contribution in [0.5, 0.6) is 0 Å². The van der Waals surface area contributed by atoms with E-state index in [9.17, 15) is 18.0 Å². The third-order valence-corrected chi connectivity index (χ3v) is 3.75. The summed E-state index contributed by atoms with van der Waals surface area (Å²) in [6.07, 6.45) is -4.54. The van der Waals surface area contributed by atoms with Gasteiger partial charge in [0.1, 0.15) is 0 Å². The number of anilines is 1. The molecule has 0 spiro atoms. The molecule has 0 aromatic heterocycles. The van der Waals surface area contributed by atoms with Gasteiger partial charge in [0, 0.05) is 18.8 Å². The molecule has 1 saturated heterocycles. The van der Waals surface area contributed by atoms with Gasteiger partial charge in [-0.3, -0.25) is 9.69 Å². The maximum atomic E-state index is 12.8. The predicted octanol–water partition coefficient (Wildman–Crippen LogP) is 3.41. The van der Waals surface area contributed by atoms with Gasteiger partial charge >= 0.3 is 6.18 Å². The molecule has 1 aliphatic heterocycles. The zero-order valence-electron chi connectivity index (χ0n) is 12.8. The van der Waals surface area contributed by atoms with Gasteiger partial charge < -0.3 is 10.1 Å². The first-order valence-electron chi connectivity index (χ1n) is 7.19. The Morgan fingerprint density at radius 2 is 1.96 bits per heavy atom. The highest BCUT2D eigenvalue weighted by Gasteiger charge is 2.33. The minimum absolute atomic E-state index is 0.0129. The van der Waals surface area contributed by atoms with E-state index in [1.165, 1.54) is 6.07 Å². The number of ether oxygens (including phenoxy) is 1. The van der Waals surface area contributed by atoms with Crippen molar-refractivity contribution in [2.75, 3.05) is 25.0 Å². The summed E-state index contributed by atoms with van der Waals surface area (Å²) in [5.74, 6) is -0.373. The Balaban J connectivity index is 2.00. The van der Waals surface area contributed by atoms with E-state index in [2.05, 4.69) is 5.32 Å². The Bertz CT molecular complexity index is 570. The Kier molecular flexibility index (Phi) is 5.54. The van der Waals surface area contributed by atoms with Gasteiger partial charge in [0.25, 0.3) is 0 Å². The van der Waals surface area contributed by atoms with Crippen molar-refractivity contribution < 1.29 is 22.7 Å². The number of rotatable bonds is 3. The summed E-state index contributed by atoms with van der Waals surface area (Å²) in [7, 11) is 0. The fraction of sp³-hybridized carbons (Fsp3) is 0.533. The Morgan fingerprint density at radius 1 is 1.35 bits per heavy atom. The van der Waals surface area contributed by atoms with Crippen molar-refractivity contribution >= 4 is 23.2 Å². The number of carbonyl (C=O) groups excluding carboxylic acids is 1. The van der Waals surface area contributed by atoms with Gasteiger partial charge in [-0.2, -0.15) is 13.2 Å². The summed E-state index contributed by atoms with van der Waals surface area (Å²) in [4.78, 5) is 13.9. The standard InChI is InChI=1S/C15H18ClF3N2O2/c1-9-6-21(7-10(2)23-9)8-14(22)20-11-3-4-13(16)12(5-11)15(17,18)19/h3-5,9-10H,6-8H2,1-2H3,(H,20,22)/t9-,10-/m0/s1. The summed E-state index contributed by atoms with van der Waals surface area (Å²) >= 11 is 5.55. The summed E-state index contributed by atoms with van der Waals surface area (Å²) in [5.41, 5.74) is -0.897. The summed E-state index contributed by atoms with van der Waals surface area (Å²) in [6, 6.07) is 3.31. The Hall–Kier alpha value is -1.31. The van der Waals surface area contributed by atoms with E-state index in [0.717, 1.165) is 12.1 Å². The van der Waals surface area contributed by atoms with Crippen LogP contribution in [0.25, 0.3) is 0 Å². The zero-order valence-corrected chi connectivity index (χ0v) is 13.5. The molecule has 0 radical (unpaired) electrons. The maximum Gasteiger partial charge on any atom is 0.417 e. The lowest BCUT2D eigenvalue weighted by Gasteiger charge is -2.34. The number of alkyl halides is 3. The minimum atomic E-state index is -4.56. The molecule has 0 bridgehead atoms. The van der Waals surface area contributed by atoms with Crippen molar-refractivity contribution in [2.24, 2.45) is 0 Å². The lowest BCUT2D eigenvalue weighted by molar-refractivity contribution is -0.137. The van der Waals surface area contributed by atoms with E-state index in [4.69, 9.17) is 16.3 Å². The smallest absolute Gasteiger partial charge is 0.373 e. The second-order valence-electron chi connectivity index (χ2n) is 5.69. The van der Waals surface area contributed by atoms with Gasteiger partial charge in [-0.25, -0.2) is 0 Å². The molecule has 0 aliphatic carbocycles. The molecule has 0 unspecified atom stereocenters. The minimum Gasteiger partial charge on any atom is -0.373 e. The number of carbonyl (C=O) groups is 1. The average Bonchev–Trinajstić information content (AvgIpc) is 2.38. The third-order valence-electron chi connectivity index (χ3n) is 3.42. The Morgan fingerprint density at radius 3 is 2.52 bits per heavy atom. The molecular formula is C15H18ClF3N2O2. The van der Waals surface area contributed by atoms with Crippen molar-refractivity contribution in [3.8, 4) is 0 Å². The van der Waals surface area contributed by atoms with E-state index in [-0.39, 0.29) is 30.3 Å². The highest BCUT2D eigenvalue weighted by atomic mass is 35.5. The van der Waals surface area contributed by atoms with Gasteiger partial charge in [-0.05, 0) is 32.0 Å². The molecule has 4 nitrogen and oxygen atoms in total. The second kappa shape index (κ2) is 7.07. The summed E-state index contributed by atoms with van der Waals surface area (Å²) in [5, 5.41) is 2.08. The number of benzene rings is 1. The number of halogens is 4. The molecule has 1 N–H and O–H groups in total. The van der Waals surface area contributed by atoms with Crippen LogP contribution in [0.15, 0.2) is 18.2 Å². The van der Waals surface area contributed by atoms with Crippen LogP contribution in [-0.4, -0.2) is 42.6 Å². The molecule has 2 rings (SSSR count). The van der Waals surface area contributed by atoms with Gasteiger partial charge in [-0.15, -0.1) is 0 Å². The number of hydrogen-bond donors (Lipinski definition) is 1. The molecule has 1 fully saturated rings. The van der Waals surface area contributed by atoms with Crippen molar-refractivity contribution in [3.63, 3.8) is 0 Å². The molecule has 23 heavy (non-hydrogen) atoms. The molecule has 1 aromatic carbocycles. The van der Waals surface area contributed by atoms with Crippen LogP contribution >= 0.6 is 11.6 Å². The van der Waals surface area contributed by atoms with E-state index < -0.39 is 16.8 Å². The van der Waals surface area contributed by atoms with E-state index in [0.29, 0.717) is 13.1 Å². The molecular weight excluding hydrogens is 333 g/mol. The SMILES string of the molecule is C[C@H]1CN(CC(=O)Nc2ccc(Cl)c(C(F)(F)F)c2)C[C@H](C)O1. The maximum absolute atomic E-state index is 12.8. The number of morpholine rings is 1. The molecule has 128 valence electrons. The van der Waals surface area contributed by atoms with Crippen LogP contribution in [0.4, 0.5) is 18.9 Å². The van der Waals surface area contributed by atoms with Gasteiger partial charge in [0.05, 0.1) is 29.3 Å². The average molecular weight is 351 g/mol. The van der Waals surface area contributed by atoms with E-state index in [1.807, 2.05) is 18.7 Å². The number of hydrogen-bond acceptors (Lipinski definition) is 3. The normalized spacial score (nSPS) is 22.9. The number of amides is 1. The van der Waals surface area contributed by atoms with Crippen LogP contribution in [0, 0.1) is 0 Å². The fourth-order valence-corrected chi connectivity index (χ4v) is 2.86. The van der Waals surface area contributed by atoms with Gasteiger partial charge in [0.2, 0.25) is 5.91 Å². The molecule has 1 aromatic rings. The highest BCUT2D eigenvalue weighted by Crippen LogP contribution is 2.36. The monoisotopic (exact) mass is 350 g/mol. The van der Waals surface area contributed by atoms with Crippen molar-refractivity contribution in [2.45, 2.75) is 32.2 Å². The molecule has 1 heterocycles. The van der Waals surface area contributed by atoms with Crippen molar-refractivity contribution in [3.05, 3.63) is 28.8 Å². The van der Waals surface area contributed by atoms with Crippen LogP contribution in [-0.2, 0) is 15.7 Å². The first-order valence-corrected chi connectivity index (χ1v) is 7.57. The topological polar surface area (TPSA) is 41.6 Å². The fourth-order valence-electron chi connectivity index (χ4n) is 2.64. The van der Waals surface area contributed by atoms with Crippen LogP contribution in [0.3, 0.4) is 0 Å². The second-order valence-corrected chi connectivity index (χ2v) is 6.10. The molecule has 1 aliphatic rings. The van der Waals surface area contributed by atoms with Crippen molar-refractivity contribution in [1.82, 2.24) is 4.90 Å². The predicted molar refractivity (Wildman–Crippen MR) is 81.5 cm³/mol. The van der Waals surface area contributed by atoms with Crippen LogP contribution < -0.4 is 5.32 Å². The van der Waals surface area contributed by atoms with E-state index >= 15 is 0 Å². The number of nitrogens with zero attached hydrogens (tertiary/aromatic N) is 1. The highest BCUT2D eigenvalue weighted by molar-refractivity contribution is 6.31. The zero-order chi connectivity index (χ0) is 17.2. The quantitative estimate of drug-likeness (QED) is 0.908. The van der Waals surface area contributed by atoms with Gasteiger partial charge in [-0.1, -0.05) is 11.6 Å². The van der Waals surface area contributed by atoms with Crippen LogP contribution in [0.1, 0.15) is 19.4 Å². The number of nitrogens with one attached hydrogen (secondary N) is 1. The molecule has 1 amide bonds. The molecule has 2 atom stereocenters. The summed E-state index contributed by atoms with van der Waals surface area (Å²) in [6.45, 7) is 5.13. The summed E-state index contributed by atoms with van der Waals surface area (Å²) < 4.78 is 44.0.